The number of hydrogen-bond acceptors (Lipinski definition) is 4. The predicted octanol–water partition coefficient (Wildman–Crippen LogP) is 10.7. The van der Waals surface area contributed by atoms with Crippen LogP contribution in [0.2, 0.25) is 75.7 Å². The largest absolute Gasteiger partial charge is 0.436 e. The van der Waals surface area contributed by atoms with Crippen LogP contribution in [0.1, 0.15) is 26.2 Å². The molecule has 4 nitrogen and oxygen atoms in total. The van der Waals surface area contributed by atoms with Crippen LogP contribution < -0.4 is 0 Å². The molecule has 0 aromatic rings. The summed E-state index contributed by atoms with van der Waals surface area (Å²) in [4.78, 5) is 0. The standard InChI is InChI=1S/C21H43Cl2F9O4Si6/c1-11-37(3,4)33-39(7,15-12-19(24,25)26)35-41(9,17-14-21(30,31)32)36-40(8,16-13-20(27,28)29)34-38(5,6)18(2)42(10,22)23/h11,18H,1,12-17H2,2-10H3. The van der Waals surface area contributed by atoms with Crippen LogP contribution in [0.5, 0.6) is 0 Å². The van der Waals surface area contributed by atoms with Crippen molar-refractivity contribution < 1.29 is 56.0 Å². The maximum atomic E-state index is 13.4. The Bertz CT molecular complexity index is 890. The van der Waals surface area contributed by atoms with Crippen molar-refractivity contribution in [2.45, 2.75) is 120 Å². The minimum absolute atomic E-state index is 0.423. The van der Waals surface area contributed by atoms with Gasteiger partial charge in [0.1, 0.15) is 0 Å². The molecule has 42 heavy (non-hydrogen) atoms. The van der Waals surface area contributed by atoms with E-state index in [0.717, 1.165) is 0 Å². The molecule has 0 amide bonds. The molecule has 4 unspecified atom stereocenters. The maximum absolute atomic E-state index is 13.4. The SMILES string of the molecule is C=C[Si](C)(C)O[Si](C)(CCC(F)(F)F)O[Si](C)(CCC(F)(F)F)O[Si](C)(CCC(F)(F)F)O[Si](C)(C)C(C)[Si](C)(Cl)Cl. The minimum Gasteiger partial charge on any atom is -0.436 e. The molecule has 0 aliphatic carbocycles. The smallest absolute Gasteiger partial charge is 0.389 e. The minimum atomic E-state index is -4.70. The van der Waals surface area contributed by atoms with Gasteiger partial charge in [-0.05, 0) is 75.7 Å². The molecule has 252 valence electrons. The van der Waals surface area contributed by atoms with Gasteiger partial charge < -0.3 is 16.5 Å². The van der Waals surface area contributed by atoms with E-state index in [1.807, 2.05) is 0 Å². The first-order chi connectivity index (χ1) is 18.2. The molecule has 4 atom stereocenters. The Morgan fingerprint density at radius 2 is 0.881 bits per heavy atom. The molecule has 0 aliphatic rings. The molecule has 0 saturated heterocycles. The summed E-state index contributed by atoms with van der Waals surface area (Å²) in [5.41, 5.74) is 1.45. The molecule has 0 aliphatic heterocycles. The second kappa shape index (κ2) is 14.7. The first kappa shape index (κ1) is 42.8. The summed E-state index contributed by atoms with van der Waals surface area (Å²) in [5, 5.41) is -0.423. The van der Waals surface area contributed by atoms with Gasteiger partial charge in [-0.2, -0.15) is 39.5 Å². The van der Waals surface area contributed by atoms with Crippen LogP contribution in [0.15, 0.2) is 12.3 Å². The molecule has 0 N–H and O–H groups in total. The Morgan fingerprint density at radius 1 is 0.595 bits per heavy atom. The van der Waals surface area contributed by atoms with Gasteiger partial charge in [-0.3, -0.25) is 0 Å². The van der Waals surface area contributed by atoms with E-state index >= 15 is 0 Å². The van der Waals surface area contributed by atoms with E-state index in [1.54, 1.807) is 39.7 Å². The van der Waals surface area contributed by atoms with Crippen molar-refractivity contribution in [3.8, 4) is 0 Å². The molecule has 0 aromatic heterocycles. The van der Waals surface area contributed by atoms with Gasteiger partial charge in [-0.25, -0.2) is 0 Å². The Hall–Kier alpha value is 0.831. The second-order valence-corrected chi connectivity index (χ2v) is 40.1. The summed E-state index contributed by atoms with van der Waals surface area (Å²) in [6.45, 7) is 14.6. The Labute approximate surface area is 259 Å². The van der Waals surface area contributed by atoms with Gasteiger partial charge in [0.2, 0.25) is 0 Å². The van der Waals surface area contributed by atoms with Gasteiger partial charge in [0.15, 0.2) is 16.6 Å². The molecule has 0 spiro atoms. The monoisotopic (exact) mass is 768 g/mol. The zero-order valence-electron chi connectivity index (χ0n) is 25.4. The van der Waals surface area contributed by atoms with Crippen molar-refractivity contribution in [1.82, 2.24) is 0 Å². The van der Waals surface area contributed by atoms with E-state index in [1.165, 1.54) is 25.3 Å². The van der Waals surface area contributed by atoms with E-state index in [2.05, 4.69) is 6.58 Å². The Balaban J connectivity index is 6.87. The molecular weight excluding hydrogens is 727 g/mol. The lowest BCUT2D eigenvalue weighted by atomic mass is 10.5. The topological polar surface area (TPSA) is 36.9 Å². The van der Waals surface area contributed by atoms with Gasteiger partial charge in [0.05, 0.1) is 0 Å². The quantitative estimate of drug-likeness (QED) is 0.0839. The average molecular weight is 770 g/mol. The summed E-state index contributed by atoms with van der Waals surface area (Å²) >= 11 is 12.8. The molecule has 0 aromatic carbocycles. The van der Waals surface area contributed by atoms with Crippen molar-refractivity contribution in [1.29, 1.82) is 0 Å². The van der Waals surface area contributed by atoms with Crippen molar-refractivity contribution in [3.63, 3.8) is 0 Å². The van der Waals surface area contributed by atoms with Gasteiger partial charge in [0, 0.05) is 19.3 Å². The van der Waals surface area contributed by atoms with Gasteiger partial charge in [-0.15, -0.1) is 28.7 Å². The van der Waals surface area contributed by atoms with Crippen LogP contribution in [0.3, 0.4) is 0 Å². The lowest BCUT2D eigenvalue weighted by Crippen LogP contribution is -2.62. The first-order valence-electron chi connectivity index (χ1n) is 13.2. The van der Waals surface area contributed by atoms with Crippen LogP contribution in [0.4, 0.5) is 39.5 Å². The van der Waals surface area contributed by atoms with Crippen LogP contribution in [0, 0.1) is 0 Å². The summed E-state index contributed by atoms with van der Waals surface area (Å²) < 4.78 is 145. The van der Waals surface area contributed by atoms with E-state index in [9.17, 15) is 39.5 Å². The van der Waals surface area contributed by atoms with E-state index in [-0.39, 0.29) is 0 Å². The lowest BCUT2D eigenvalue weighted by Gasteiger charge is -2.47. The van der Waals surface area contributed by atoms with E-state index in [0.29, 0.717) is 0 Å². The van der Waals surface area contributed by atoms with Crippen LogP contribution in [-0.4, -0.2) is 67.5 Å². The lowest BCUT2D eigenvalue weighted by molar-refractivity contribution is -0.132. The third kappa shape index (κ3) is 17.5. The average Bonchev–Trinajstić information content (AvgIpc) is 2.72. The number of alkyl halides is 9. The van der Waals surface area contributed by atoms with Crippen LogP contribution in [-0.2, 0) is 16.5 Å². The van der Waals surface area contributed by atoms with Crippen molar-refractivity contribution in [2.24, 2.45) is 0 Å². The van der Waals surface area contributed by atoms with E-state index < -0.39 is 110 Å². The highest BCUT2D eigenvalue weighted by Gasteiger charge is 2.55. The normalized spacial score (nSPS) is 19.5. The zero-order chi connectivity index (χ0) is 33.9. The molecular formula is C21H43Cl2F9O4Si6. The van der Waals surface area contributed by atoms with Crippen molar-refractivity contribution >= 4 is 71.2 Å². The molecule has 0 radical (unpaired) electrons. The second-order valence-electron chi connectivity index (χ2n) is 12.2. The van der Waals surface area contributed by atoms with Crippen LogP contribution >= 0.6 is 22.2 Å². The molecule has 0 heterocycles. The summed E-state index contributed by atoms with van der Waals surface area (Å²) in [7, 11) is -18.1. The maximum Gasteiger partial charge on any atom is 0.389 e. The number of halogens is 11. The Kier molecular flexibility index (Phi) is 15.0. The zero-order valence-corrected chi connectivity index (χ0v) is 32.9. The van der Waals surface area contributed by atoms with Gasteiger partial charge in [-0.1, -0.05) is 12.6 Å². The fraction of sp³-hybridized carbons (Fsp3) is 0.905. The first-order valence-corrected chi connectivity index (χ1v) is 31.3. The summed E-state index contributed by atoms with van der Waals surface area (Å²) in [6.07, 6.45) is -18.0. The highest BCUT2D eigenvalue weighted by Crippen LogP contribution is 2.42. The summed E-state index contributed by atoms with van der Waals surface area (Å²) in [6, 6.07) is -2.10. The molecule has 0 saturated carbocycles. The van der Waals surface area contributed by atoms with Crippen molar-refractivity contribution in [2.75, 3.05) is 0 Å². The fourth-order valence-corrected chi connectivity index (χ4v) is 37.9. The van der Waals surface area contributed by atoms with Gasteiger partial charge in [0.25, 0.3) is 6.69 Å². The number of rotatable bonds is 17. The highest BCUT2D eigenvalue weighted by atomic mass is 35.7. The summed E-state index contributed by atoms with van der Waals surface area (Å²) in [5.74, 6) is 0. The van der Waals surface area contributed by atoms with Gasteiger partial charge >= 0.3 is 44.2 Å². The van der Waals surface area contributed by atoms with E-state index in [4.69, 9.17) is 38.6 Å². The van der Waals surface area contributed by atoms with Crippen molar-refractivity contribution in [3.05, 3.63) is 12.3 Å². The van der Waals surface area contributed by atoms with Crippen LogP contribution in [0.25, 0.3) is 0 Å². The molecule has 0 rings (SSSR count). The predicted molar refractivity (Wildman–Crippen MR) is 164 cm³/mol. The highest BCUT2D eigenvalue weighted by molar-refractivity contribution is 7.47. The Morgan fingerprint density at radius 3 is 1.14 bits per heavy atom. The third-order valence-corrected chi connectivity index (χ3v) is 36.2. The third-order valence-electron chi connectivity index (χ3n) is 6.70. The number of hydrogen-bond donors (Lipinski definition) is 0. The molecule has 0 bridgehead atoms. The molecule has 21 heteroatoms. The fourth-order valence-electron chi connectivity index (χ4n) is 4.24. The molecule has 0 fully saturated rings.